The first-order valence-electron chi connectivity index (χ1n) is 10.8. The van der Waals surface area contributed by atoms with Crippen molar-refractivity contribution in [2.45, 2.75) is 0 Å². The van der Waals surface area contributed by atoms with E-state index in [-0.39, 0.29) is 22.5 Å². The van der Waals surface area contributed by atoms with E-state index in [1.807, 2.05) is 25.1 Å². The van der Waals surface area contributed by atoms with E-state index in [1.54, 1.807) is 36.8 Å². The summed E-state index contributed by atoms with van der Waals surface area (Å²) in [6.45, 7) is 0. The second kappa shape index (κ2) is 7.94. The van der Waals surface area contributed by atoms with Crippen LogP contribution < -0.4 is 4.90 Å². The maximum atomic E-state index is 15.9. The molecule has 6 aromatic rings. The topological polar surface area (TPSA) is 99.3 Å². The first-order valence-corrected chi connectivity index (χ1v) is 10.8. The zero-order valence-electron chi connectivity index (χ0n) is 18.7. The average molecular weight is 468 g/mol. The summed E-state index contributed by atoms with van der Waals surface area (Å²) in [5.74, 6) is -0.522. The quantitative estimate of drug-likeness (QED) is 0.379. The van der Waals surface area contributed by atoms with E-state index in [1.165, 1.54) is 18.3 Å². The van der Waals surface area contributed by atoms with Crippen molar-refractivity contribution in [3.05, 3.63) is 72.8 Å². The zero-order valence-corrected chi connectivity index (χ0v) is 18.7. The molecule has 0 unspecified atom stereocenters. The molecule has 0 atom stereocenters. The molecule has 8 nitrogen and oxygen atoms in total. The Kier molecular flexibility index (Phi) is 4.73. The van der Waals surface area contributed by atoms with Gasteiger partial charge in [0, 0.05) is 49.4 Å². The van der Waals surface area contributed by atoms with E-state index in [0.29, 0.717) is 39.2 Å². The molecule has 1 aromatic carbocycles. The maximum absolute atomic E-state index is 15.9. The molecule has 6 rings (SSSR count). The lowest BCUT2D eigenvalue weighted by Crippen LogP contribution is -2.08. The minimum Gasteiger partial charge on any atom is -0.376 e. The van der Waals surface area contributed by atoms with Crippen molar-refractivity contribution in [2.75, 3.05) is 19.0 Å². The van der Waals surface area contributed by atoms with Crippen LogP contribution in [0.3, 0.4) is 0 Å². The van der Waals surface area contributed by atoms with Gasteiger partial charge in [0.1, 0.15) is 22.8 Å². The summed E-state index contributed by atoms with van der Waals surface area (Å²) in [6, 6.07) is 9.84. The van der Waals surface area contributed by atoms with E-state index in [4.69, 9.17) is 0 Å². The van der Waals surface area contributed by atoms with Gasteiger partial charge in [0.15, 0.2) is 17.1 Å². The highest BCUT2D eigenvalue weighted by Crippen LogP contribution is 2.34. The Morgan fingerprint density at radius 2 is 1.77 bits per heavy atom. The van der Waals surface area contributed by atoms with Crippen molar-refractivity contribution in [2.24, 2.45) is 0 Å². The van der Waals surface area contributed by atoms with Crippen molar-refractivity contribution < 1.29 is 8.78 Å². The predicted octanol–water partition coefficient (Wildman–Crippen LogP) is 4.97. The fourth-order valence-corrected chi connectivity index (χ4v) is 4.06. The van der Waals surface area contributed by atoms with Crippen LogP contribution in [-0.4, -0.2) is 49.2 Å². The van der Waals surface area contributed by atoms with Crippen molar-refractivity contribution in [3.8, 4) is 33.8 Å². The van der Waals surface area contributed by atoms with Crippen LogP contribution in [0.4, 0.5) is 14.5 Å². The first kappa shape index (κ1) is 20.8. The number of halogens is 2. The van der Waals surface area contributed by atoms with E-state index >= 15 is 4.39 Å². The van der Waals surface area contributed by atoms with E-state index in [0.717, 1.165) is 5.69 Å². The Labute approximate surface area is 197 Å². The normalized spacial score (nSPS) is 11.4. The van der Waals surface area contributed by atoms with Crippen LogP contribution in [0.15, 0.2) is 61.2 Å². The van der Waals surface area contributed by atoms with Crippen molar-refractivity contribution in [1.82, 2.24) is 35.1 Å². The minimum atomic E-state index is -0.491. The van der Waals surface area contributed by atoms with Gasteiger partial charge in [-0.05, 0) is 29.8 Å². The number of nitrogens with one attached hydrogen (secondary N) is 2. The molecule has 0 aliphatic heterocycles. The third-order valence-electron chi connectivity index (χ3n) is 5.82. The number of hydrogen-bond donors (Lipinski definition) is 2. The molecule has 0 amide bonds. The lowest BCUT2D eigenvalue weighted by atomic mass is 10.1. The minimum absolute atomic E-state index is 0.198. The molecule has 0 radical (unpaired) electrons. The van der Waals surface area contributed by atoms with Gasteiger partial charge >= 0.3 is 0 Å². The van der Waals surface area contributed by atoms with Crippen LogP contribution in [-0.2, 0) is 0 Å². The van der Waals surface area contributed by atoms with Gasteiger partial charge in [0.05, 0.1) is 17.3 Å². The highest BCUT2D eigenvalue weighted by atomic mass is 19.1. The Bertz CT molecular complexity index is 1720. The molecule has 2 N–H and O–H groups in total. The summed E-state index contributed by atoms with van der Waals surface area (Å²) in [6.07, 6.45) is 6.36. The third-order valence-corrected chi connectivity index (χ3v) is 5.82. The van der Waals surface area contributed by atoms with E-state index in [9.17, 15) is 4.39 Å². The van der Waals surface area contributed by atoms with Gasteiger partial charge in [-0.3, -0.25) is 10.1 Å². The Balaban J connectivity index is 1.52. The van der Waals surface area contributed by atoms with Gasteiger partial charge < -0.3 is 9.88 Å². The molecule has 0 saturated heterocycles. The molecule has 35 heavy (non-hydrogen) atoms. The predicted molar refractivity (Wildman–Crippen MR) is 130 cm³/mol. The Hall–Kier alpha value is -4.73. The molecule has 0 aliphatic carbocycles. The molecule has 172 valence electrons. The van der Waals surface area contributed by atoms with Gasteiger partial charge in [0.25, 0.3) is 0 Å². The van der Waals surface area contributed by atoms with Crippen LogP contribution in [0.25, 0.3) is 56.0 Å². The fourth-order valence-electron chi connectivity index (χ4n) is 4.06. The first-order chi connectivity index (χ1) is 17.0. The summed E-state index contributed by atoms with van der Waals surface area (Å²) < 4.78 is 29.7. The molecule has 5 aromatic heterocycles. The number of H-pyrrole nitrogens is 2. The second-order valence-electron chi connectivity index (χ2n) is 8.26. The zero-order chi connectivity index (χ0) is 24.1. The van der Waals surface area contributed by atoms with Crippen LogP contribution in [0.2, 0.25) is 0 Å². The SMILES string of the molecule is CN(C)c1cncc(-c2cnc3[nH]nc(-c4nc5c(-c6cccc(F)c6)ccnc5[nH]4)c3c2F)c1. The van der Waals surface area contributed by atoms with Gasteiger partial charge in [0.2, 0.25) is 0 Å². The van der Waals surface area contributed by atoms with Crippen LogP contribution in [0.5, 0.6) is 0 Å². The van der Waals surface area contributed by atoms with Crippen LogP contribution >= 0.6 is 0 Å². The number of pyridine rings is 3. The van der Waals surface area contributed by atoms with Crippen molar-refractivity contribution in [3.63, 3.8) is 0 Å². The average Bonchev–Trinajstić information content (AvgIpc) is 3.49. The summed E-state index contributed by atoms with van der Waals surface area (Å²) in [5.41, 5.74) is 4.64. The maximum Gasteiger partial charge on any atom is 0.161 e. The summed E-state index contributed by atoms with van der Waals surface area (Å²) in [5, 5.41) is 7.26. The van der Waals surface area contributed by atoms with Gasteiger partial charge in [-0.1, -0.05) is 12.1 Å². The number of aromatic amines is 2. The van der Waals surface area contributed by atoms with Crippen molar-refractivity contribution in [1.29, 1.82) is 0 Å². The molecule has 0 spiro atoms. The second-order valence-corrected chi connectivity index (χ2v) is 8.26. The molecule has 0 bridgehead atoms. The standard InChI is InChI=1S/C25H18F2N8/c1-35(2)16-9-14(10-28-11-16)18-12-30-23-19(20(18)27)22(33-34-23)25-31-21-17(6-7-29-24(21)32-25)13-4-3-5-15(26)8-13/h3-12H,1-2H3,(H,29,31,32)(H,30,33,34). The molecular formula is C25H18F2N8. The monoisotopic (exact) mass is 468 g/mol. The number of anilines is 1. The van der Waals surface area contributed by atoms with Crippen LogP contribution in [0, 0.1) is 11.6 Å². The lowest BCUT2D eigenvalue weighted by Gasteiger charge is -2.13. The highest BCUT2D eigenvalue weighted by molar-refractivity contribution is 5.96. The van der Waals surface area contributed by atoms with Crippen LogP contribution in [0.1, 0.15) is 0 Å². The summed E-state index contributed by atoms with van der Waals surface area (Å²) >= 11 is 0. The summed E-state index contributed by atoms with van der Waals surface area (Å²) in [4.78, 5) is 22.6. The van der Waals surface area contributed by atoms with Gasteiger partial charge in [-0.2, -0.15) is 5.10 Å². The van der Waals surface area contributed by atoms with Crippen molar-refractivity contribution >= 4 is 27.9 Å². The number of benzene rings is 1. The largest absolute Gasteiger partial charge is 0.376 e. The lowest BCUT2D eigenvalue weighted by molar-refractivity contribution is 0.628. The number of imidazole rings is 1. The summed E-state index contributed by atoms with van der Waals surface area (Å²) in [7, 11) is 3.78. The number of nitrogens with zero attached hydrogens (tertiary/aromatic N) is 6. The number of rotatable bonds is 4. The highest BCUT2D eigenvalue weighted by Gasteiger charge is 2.21. The molecular weight excluding hydrogens is 450 g/mol. The van der Waals surface area contributed by atoms with E-state index in [2.05, 4.69) is 35.1 Å². The number of hydrogen-bond acceptors (Lipinski definition) is 6. The molecule has 10 heteroatoms. The molecule has 0 fully saturated rings. The Morgan fingerprint density at radius 1 is 0.886 bits per heavy atom. The molecule has 5 heterocycles. The number of aromatic nitrogens is 7. The number of fused-ring (bicyclic) bond motifs is 2. The van der Waals surface area contributed by atoms with Gasteiger partial charge in [-0.15, -0.1) is 0 Å². The fraction of sp³-hybridized carbons (Fsp3) is 0.0800. The van der Waals surface area contributed by atoms with Gasteiger partial charge in [-0.25, -0.2) is 23.7 Å². The Morgan fingerprint density at radius 3 is 2.60 bits per heavy atom. The van der Waals surface area contributed by atoms with E-state index < -0.39 is 5.82 Å². The smallest absolute Gasteiger partial charge is 0.161 e. The molecule has 0 aliphatic rings. The third kappa shape index (κ3) is 3.46. The molecule has 0 saturated carbocycles.